The standard InChI is InChI=1S/C25H32N4O/c1-17(2)26-14-18-10-12-19(13-11-18)16-28-24-23(15-27-28)21-8-3-4-9-22(21)25(30)29(24)20-6-5-7-20/h10-13,15,17,20,26H,3-9,14,16H2,1-2H3. The highest BCUT2D eigenvalue weighted by Gasteiger charge is 2.28. The van der Waals surface area contributed by atoms with Crippen LogP contribution in [0.5, 0.6) is 0 Å². The van der Waals surface area contributed by atoms with Crippen molar-refractivity contribution in [2.24, 2.45) is 0 Å². The van der Waals surface area contributed by atoms with Crippen molar-refractivity contribution in [3.05, 3.63) is 63.1 Å². The summed E-state index contributed by atoms with van der Waals surface area (Å²) >= 11 is 0. The monoisotopic (exact) mass is 404 g/mol. The number of aryl methyl sites for hydroxylation is 1. The normalized spacial score (nSPS) is 16.8. The molecule has 0 bridgehead atoms. The first-order chi connectivity index (χ1) is 14.6. The van der Waals surface area contributed by atoms with Gasteiger partial charge < -0.3 is 5.32 Å². The van der Waals surface area contributed by atoms with Crippen molar-refractivity contribution >= 4 is 11.0 Å². The number of hydrogen-bond donors (Lipinski definition) is 1. The molecule has 2 aliphatic rings. The Morgan fingerprint density at radius 1 is 1.03 bits per heavy atom. The van der Waals surface area contributed by atoms with Crippen LogP contribution in [0, 0.1) is 0 Å². The third kappa shape index (κ3) is 3.49. The van der Waals surface area contributed by atoms with E-state index >= 15 is 0 Å². The maximum absolute atomic E-state index is 13.5. The van der Waals surface area contributed by atoms with Crippen molar-refractivity contribution in [2.75, 3.05) is 0 Å². The van der Waals surface area contributed by atoms with Gasteiger partial charge in [-0.25, -0.2) is 4.68 Å². The molecule has 5 nitrogen and oxygen atoms in total. The predicted molar refractivity (Wildman–Crippen MR) is 121 cm³/mol. The van der Waals surface area contributed by atoms with Gasteiger partial charge in [0, 0.05) is 29.6 Å². The summed E-state index contributed by atoms with van der Waals surface area (Å²) in [6, 6.07) is 9.58. The van der Waals surface area contributed by atoms with E-state index in [-0.39, 0.29) is 5.56 Å². The first-order valence-electron chi connectivity index (χ1n) is 11.5. The number of rotatable bonds is 6. The van der Waals surface area contributed by atoms with E-state index in [2.05, 4.69) is 52.7 Å². The first-order valence-corrected chi connectivity index (χ1v) is 11.5. The summed E-state index contributed by atoms with van der Waals surface area (Å²) in [6.07, 6.45) is 9.68. The van der Waals surface area contributed by atoms with E-state index in [0.29, 0.717) is 18.6 Å². The average Bonchev–Trinajstić information content (AvgIpc) is 3.12. The van der Waals surface area contributed by atoms with Crippen LogP contribution in [0.4, 0.5) is 0 Å². The molecule has 5 heteroatoms. The van der Waals surface area contributed by atoms with Crippen molar-refractivity contribution in [1.29, 1.82) is 0 Å². The highest BCUT2D eigenvalue weighted by Crippen LogP contribution is 2.35. The van der Waals surface area contributed by atoms with Crippen LogP contribution in [0.15, 0.2) is 35.3 Å². The molecule has 0 amide bonds. The van der Waals surface area contributed by atoms with Crippen LogP contribution in [0.25, 0.3) is 11.0 Å². The van der Waals surface area contributed by atoms with Gasteiger partial charge in [0.05, 0.1) is 12.7 Å². The minimum Gasteiger partial charge on any atom is -0.310 e. The first kappa shape index (κ1) is 19.6. The summed E-state index contributed by atoms with van der Waals surface area (Å²) in [5, 5.41) is 9.43. The van der Waals surface area contributed by atoms with Gasteiger partial charge in [-0.15, -0.1) is 0 Å². The summed E-state index contributed by atoms with van der Waals surface area (Å²) in [5.74, 6) is 0. The maximum atomic E-state index is 13.5. The Balaban J connectivity index is 1.52. The lowest BCUT2D eigenvalue weighted by molar-refractivity contribution is 0.309. The molecular formula is C25H32N4O. The fourth-order valence-corrected chi connectivity index (χ4v) is 4.88. The summed E-state index contributed by atoms with van der Waals surface area (Å²) in [6.45, 7) is 5.91. The molecule has 1 aromatic carbocycles. The van der Waals surface area contributed by atoms with Crippen molar-refractivity contribution in [1.82, 2.24) is 19.7 Å². The molecule has 0 aliphatic heterocycles. The Labute approximate surface area is 178 Å². The summed E-state index contributed by atoms with van der Waals surface area (Å²) in [4.78, 5) is 13.5. The molecule has 2 aromatic heterocycles. The van der Waals surface area contributed by atoms with Crippen LogP contribution in [-0.4, -0.2) is 20.4 Å². The van der Waals surface area contributed by atoms with Gasteiger partial charge in [0.1, 0.15) is 5.65 Å². The van der Waals surface area contributed by atoms with Crippen LogP contribution in [0.2, 0.25) is 0 Å². The Morgan fingerprint density at radius 2 is 1.73 bits per heavy atom. The summed E-state index contributed by atoms with van der Waals surface area (Å²) in [5.41, 5.74) is 6.12. The SMILES string of the molecule is CC(C)NCc1ccc(Cn2ncc3c4c(c(=O)n(C5CCC5)c32)CCCC4)cc1. The molecule has 0 spiro atoms. The minimum atomic E-state index is 0.249. The number of nitrogens with zero attached hydrogens (tertiary/aromatic N) is 3. The molecule has 30 heavy (non-hydrogen) atoms. The Hall–Kier alpha value is -2.40. The van der Waals surface area contributed by atoms with Gasteiger partial charge in [-0.2, -0.15) is 5.10 Å². The molecule has 158 valence electrons. The van der Waals surface area contributed by atoms with Crippen LogP contribution < -0.4 is 10.9 Å². The number of fused-ring (bicyclic) bond motifs is 3. The molecule has 1 N–H and O–H groups in total. The van der Waals surface area contributed by atoms with E-state index in [9.17, 15) is 4.79 Å². The van der Waals surface area contributed by atoms with Gasteiger partial charge in [-0.3, -0.25) is 9.36 Å². The van der Waals surface area contributed by atoms with Crippen molar-refractivity contribution in [2.45, 2.75) is 84.0 Å². The maximum Gasteiger partial charge on any atom is 0.255 e. The number of hydrogen-bond acceptors (Lipinski definition) is 3. The topological polar surface area (TPSA) is 51.9 Å². The number of nitrogens with one attached hydrogen (secondary N) is 1. The van der Waals surface area contributed by atoms with E-state index in [4.69, 9.17) is 5.10 Å². The van der Waals surface area contributed by atoms with Gasteiger partial charge in [0.15, 0.2) is 0 Å². The van der Waals surface area contributed by atoms with E-state index in [1.807, 2.05) is 6.20 Å². The predicted octanol–water partition coefficient (Wildman–Crippen LogP) is 4.35. The van der Waals surface area contributed by atoms with Crippen LogP contribution in [0.1, 0.15) is 74.2 Å². The zero-order chi connectivity index (χ0) is 20.7. The van der Waals surface area contributed by atoms with Gasteiger partial charge in [0.25, 0.3) is 5.56 Å². The zero-order valence-corrected chi connectivity index (χ0v) is 18.2. The highest BCUT2D eigenvalue weighted by molar-refractivity contribution is 5.81. The van der Waals surface area contributed by atoms with Gasteiger partial charge in [0.2, 0.25) is 0 Å². The Morgan fingerprint density at radius 3 is 2.40 bits per heavy atom. The quantitative estimate of drug-likeness (QED) is 0.665. The minimum absolute atomic E-state index is 0.249. The molecule has 1 fully saturated rings. The average molecular weight is 405 g/mol. The molecule has 1 saturated carbocycles. The van der Waals surface area contributed by atoms with E-state index in [1.165, 1.54) is 34.9 Å². The molecule has 2 heterocycles. The fraction of sp³-hybridized carbons (Fsp3) is 0.520. The third-order valence-corrected chi connectivity index (χ3v) is 6.82. The smallest absolute Gasteiger partial charge is 0.255 e. The van der Waals surface area contributed by atoms with E-state index in [1.54, 1.807) is 0 Å². The zero-order valence-electron chi connectivity index (χ0n) is 18.2. The van der Waals surface area contributed by atoms with Crippen LogP contribution >= 0.6 is 0 Å². The second kappa shape index (κ2) is 8.03. The van der Waals surface area contributed by atoms with E-state index < -0.39 is 0 Å². The van der Waals surface area contributed by atoms with Crippen molar-refractivity contribution in [3.8, 4) is 0 Å². The number of benzene rings is 1. The summed E-state index contributed by atoms with van der Waals surface area (Å²) < 4.78 is 4.15. The molecule has 0 atom stereocenters. The molecule has 0 saturated heterocycles. The van der Waals surface area contributed by atoms with Crippen molar-refractivity contribution < 1.29 is 0 Å². The van der Waals surface area contributed by atoms with Crippen LogP contribution in [0.3, 0.4) is 0 Å². The summed E-state index contributed by atoms with van der Waals surface area (Å²) in [7, 11) is 0. The van der Waals surface area contributed by atoms with Gasteiger partial charge in [-0.1, -0.05) is 38.1 Å². The largest absolute Gasteiger partial charge is 0.310 e. The number of aromatic nitrogens is 3. The lowest BCUT2D eigenvalue weighted by Gasteiger charge is -2.30. The van der Waals surface area contributed by atoms with Gasteiger partial charge in [-0.05, 0) is 61.6 Å². The van der Waals surface area contributed by atoms with Crippen LogP contribution in [-0.2, 0) is 25.9 Å². The lowest BCUT2D eigenvalue weighted by Crippen LogP contribution is -2.34. The number of pyridine rings is 1. The molecule has 5 rings (SSSR count). The second-order valence-corrected chi connectivity index (χ2v) is 9.32. The van der Waals surface area contributed by atoms with Gasteiger partial charge >= 0.3 is 0 Å². The second-order valence-electron chi connectivity index (χ2n) is 9.32. The third-order valence-electron chi connectivity index (χ3n) is 6.82. The molecular weight excluding hydrogens is 372 g/mol. The molecule has 0 unspecified atom stereocenters. The van der Waals surface area contributed by atoms with Crippen molar-refractivity contribution in [3.63, 3.8) is 0 Å². The Bertz CT molecular complexity index is 1100. The molecule has 0 radical (unpaired) electrons. The van der Waals surface area contributed by atoms with E-state index in [0.717, 1.165) is 49.9 Å². The Kier molecular flexibility index (Phi) is 5.23. The molecule has 3 aromatic rings. The molecule has 2 aliphatic carbocycles. The highest BCUT2D eigenvalue weighted by atomic mass is 16.1. The lowest BCUT2D eigenvalue weighted by atomic mass is 9.88. The fourth-order valence-electron chi connectivity index (χ4n) is 4.88.